The zero-order valence-corrected chi connectivity index (χ0v) is 12.4. The van der Waals surface area contributed by atoms with Gasteiger partial charge in [-0.3, -0.25) is 14.9 Å². The van der Waals surface area contributed by atoms with Crippen molar-refractivity contribution >= 4 is 45.6 Å². The highest BCUT2D eigenvalue weighted by Crippen LogP contribution is 2.36. The Bertz CT molecular complexity index is 719. The third kappa shape index (κ3) is 2.45. The van der Waals surface area contributed by atoms with Gasteiger partial charge in [-0.05, 0) is 25.1 Å². The summed E-state index contributed by atoms with van der Waals surface area (Å²) in [6.07, 6.45) is 1.56. The molecule has 3 rings (SSSR count). The maximum absolute atomic E-state index is 12.3. The molecule has 21 heavy (non-hydrogen) atoms. The third-order valence-electron chi connectivity index (χ3n) is 3.02. The second kappa shape index (κ2) is 5.01. The average Bonchev–Trinajstić information content (AvgIpc) is 2.93. The lowest BCUT2D eigenvalue weighted by Gasteiger charge is -2.33. The van der Waals surface area contributed by atoms with Gasteiger partial charge in [0.25, 0.3) is 17.4 Å². The van der Waals surface area contributed by atoms with E-state index in [0.717, 1.165) is 0 Å². The summed E-state index contributed by atoms with van der Waals surface area (Å²) in [4.78, 5) is 28.5. The van der Waals surface area contributed by atoms with E-state index in [2.05, 4.69) is 15.6 Å². The van der Waals surface area contributed by atoms with Gasteiger partial charge in [0, 0.05) is 16.6 Å². The molecule has 0 saturated carbocycles. The van der Waals surface area contributed by atoms with Crippen molar-refractivity contribution in [1.29, 1.82) is 0 Å². The highest BCUT2D eigenvalue weighted by Gasteiger charge is 2.47. The van der Waals surface area contributed by atoms with E-state index >= 15 is 0 Å². The lowest BCUT2D eigenvalue weighted by atomic mass is 10.0. The van der Waals surface area contributed by atoms with Crippen LogP contribution in [0.2, 0.25) is 5.02 Å². The van der Waals surface area contributed by atoms with Crippen molar-refractivity contribution in [3.63, 3.8) is 0 Å². The maximum Gasteiger partial charge on any atom is 0.280 e. The first-order valence-electron chi connectivity index (χ1n) is 6.00. The summed E-state index contributed by atoms with van der Waals surface area (Å²) in [5, 5.41) is 7.77. The van der Waals surface area contributed by atoms with E-state index in [-0.39, 0.29) is 0 Å². The molecule has 0 spiro atoms. The first-order chi connectivity index (χ1) is 9.99. The van der Waals surface area contributed by atoms with E-state index in [1.807, 2.05) is 0 Å². The molecule has 2 amide bonds. The molecule has 1 atom stereocenters. The maximum atomic E-state index is 12.3. The molecule has 1 aromatic carbocycles. The molecule has 0 aliphatic carbocycles. The average molecular weight is 324 g/mol. The molecule has 0 radical (unpaired) electrons. The number of halogens is 1. The molecule has 0 unspecified atom stereocenters. The molecular formula is C13H10ClN3O3S. The molecule has 1 aliphatic heterocycles. The van der Waals surface area contributed by atoms with Crippen LogP contribution in [0.1, 0.15) is 6.92 Å². The van der Waals surface area contributed by atoms with Crippen molar-refractivity contribution in [2.75, 3.05) is 10.6 Å². The van der Waals surface area contributed by atoms with Crippen molar-refractivity contribution in [1.82, 2.24) is 4.98 Å². The van der Waals surface area contributed by atoms with Crippen LogP contribution < -0.4 is 15.4 Å². The molecule has 2 N–H and O–H groups in total. The summed E-state index contributed by atoms with van der Waals surface area (Å²) in [7, 11) is 0. The number of nitrogens with one attached hydrogen (secondary N) is 2. The monoisotopic (exact) mass is 323 g/mol. The molecule has 0 fully saturated rings. The van der Waals surface area contributed by atoms with Gasteiger partial charge in [0.1, 0.15) is 5.75 Å². The lowest BCUT2D eigenvalue weighted by molar-refractivity contribution is -0.143. The Balaban J connectivity index is 1.89. The number of anilines is 2. The van der Waals surface area contributed by atoms with E-state index in [1.165, 1.54) is 18.3 Å². The summed E-state index contributed by atoms with van der Waals surface area (Å²) >= 11 is 7.11. The molecule has 0 saturated heterocycles. The number of carbonyl (C=O) groups is 2. The Kier molecular flexibility index (Phi) is 3.30. The van der Waals surface area contributed by atoms with Gasteiger partial charge >= 0.3 is 0 Å². The number of aromatic nitrogens is 1. The van der Waals surface area contributed by atoms with Gasteiger partial charge in [-0.2, -0.15) is 0 Å². The lowest BCUT2D eigenvalue weighted by Crippen LogP contribution is -2.56. The summed E-state index contributed by atoms with van der Waals surface area (Å²) in [5.41, 5.74) is -1.24. The number of hydrogen-bond acceptors (Lipinski definition) is 5. The molecule has 8 heteroatoms. The molecule has 2 heterocycles. The number of fused-ring (bicyclic) bond motifs is 1. The smallest absolute Gasteiger partial charge is 0.280 e. The van der Waals surface area contributed by atoms with Gasteiger partial charge in [-0.15, -0.1) is 11.3 Å². The van der Waals surface area contributed by atoms with E-state index in [9.17, 15) is 9.59 Å². The minimum Gasteiger partial charge on any atom is -0.466 e. The molecular weight excluding hydrogens is 314 g/mol. The topological polar surface area (TPSA) is 80.3 Å². The van der Waals surface area contributed by atoms with Crippen molar-refractivity contribution in [3.05, 3.63) is 34.8 Å². The second-order valence-electron chi connectivity index (χ2n) is 4.52. The Morgan fingerprint density at radius 1 is 1.52 bits per heavy atom. The second-order valence-corrected chi connectivity index (χ2v) is 5.85. The number of benzene rings is 1. The van der Waals surface area contributed by atoms with Crippen LogP contribution in [0.3, 0.4) is 0 Å². The van der Waals surface area contributed by atoms with Gasteiger partial charge in [-0.25, -0.2) is 4.98 Å². The van der Waals surface area contributed by atoms with Gasteiger partial charge < -0.3 is 10.1 Å². The van der Waals surface area contributed by atoms with E-state index in [0.29, 0.717) is 21.6 Å². The number of carbonyl (C=O) groups excluding carboxylic acids is 2. The summed E-state index contributed by atoms with van der Waals surface area (Å²) < 4.78 is 5.59. The predicted molar refractivity (Wildman–Crippen MR) is 79.9 cm³/mol. The Hall–Kier alpha value is -2.12. The number of nitrogens with zero attached hydrogens (tertiary/aromatic N) is 1. The number of ether oxygens (including phenoxy) is 1. The largest absolute Gasteiger partial charge is 0.466 e. The quantitative estimate of drug-likeness (QED) is 0.832. The highest BCUT2D eigenvalue weighted by atomic mass is 35.5. The predicted octanol–water partition coefficient (Wildman–Crippen LogP) is 2.52. The third-order valence-corrected chi connectivity index (χ3v) is 3.95. The molecule has 2 aromatic rings. The van der Waals surface area contributed by atoms with Gasteiger partial charge in [0.15, 0.2) is 5.13 Å². The Labute approximate surface area is 129 Å². The minimum absolute atomic E-state index is 0.385. The van der Waals surface area contributed by atoms with Crippen LogP contribution in [0.5, 0.6) is 5.75 Å². The summed E-state index contributed by atoms with van der Waals surface area (Å²) in [6, 6.07) is 4.79. The van der Waals surface area contributed by atoms with Crippen LogP contribution >= 0.6 is 22.9 Å². The first-order valence-corrected chi connectivity index (χ1v) is 7.26. The molecule has 6 nitrogen and oxygen atoms in total. The van der Waals surface area contributed by atoms with E-state index in [1.54, 1.807) is 29.8 Å². The summed E-state index contributed by atoms with van der Waals surface area (Å²) in [5.74, 6) is -0.766. The van der Waals surface area contributed by atoms with Crippen molar-refractivity contribution in [2.24, 2.45) is 0 Å². The van der Waals surface area contributed by atoms with Gasteiger partial charge in [0.05, 0.1) is 5.69 Å². The van der Waals surface area contributed by atoms with E-state index < -0.39 is 17.4 Å². The number of rotatable bonds is 2. The normalized spacial score (nSPS) is 20.2. The molecule has 1 aliphatic rings. The SMILES string of the molecule is C[C@@]1(C(=O)Nc2nccs2)Oc2ccc(Cl)cc2NC1=O. The molecule has 1 aromatic heterocycles. The van der Waals surface area contributed by atoms with Crippen LogP contribution in [0.25, 0.3) is 0 Å². The summed E-state index contributed by atoms with van der Waals surface area (Å²) in [6.45, 7) is 1.41. The number of hydrogen-bond donors (Lipinski definition) is 2. The minimum atomic E-state index is -1.67. The van der Waals surface area contributed by atoms with E-state index in [4.69, 9.17) is 16.3 Å². The Morgan fingerprint density at radius 3 is 3.05 bits per heavy atom. The molecule has 0 bridgehead atoms. The standard InChI is InChI=1S/C13H10ClN3O3S/c1-13(11(19)17-12-15-4-5-21-12)10(18)16-8-6-7(14)2-3-9(8)20-13/h2-6H,1H3,(H,16,18)(H,15,17,19)/t13-/m1/s1. The van der Waals surface area contributed by atoms with Crippen molar-refractivity contribution in [2.45, 2.75) is 12.5 Å². The highest BCUT2D eigenvalue weighted by molar-refractivity contribution is 7.13. The van der Waals surface area contributed by atoms with Gasteiger partial charge in [-0.1, -0.05) is 11.6 Å². The van der Waals surface area contributed by atoms with Gasteiger partial charge in [0.2, 0.25) is 0 Å². The fraction of sp³-hybridized carbons (Fsp3) is 0.154. The first kappa shape index (κ1) is 13.8. The molecule has 108 valence electrons. The fourth-order valence-electron chi connectivity index (χ4n) is 1.85. The zero-order valence-electron chi connectivity index (χ0n) is 10.8. The number of amides is 2. The van der Waals surface area contributed by atoms with Crippen molar-refractivity contribution in [3.8, 4) is 5.75 Å². The zero-order chi connectivity index (χ0) is 15.0. The van der Waals surface area contributed by atoms with Crippen molar-refractivity contribution < 1.29 is 14.3 Å². The van der Waals surface area contributed by atoms with Crippen LogP contribution in [0.4, 0.5) is 10.8 Å². The van der Waals surface area contributed by atoms with Crippen LogP contribution in [0.15, 0.2) is 29.8 Å². The van der Waals surface area contributed by atoms with Crippen LogP contribution in [-0.4, -0.2) is 22.4 Å². The fourth-order valence-corrected chi connectivity index (χ4v) is 2.54. The Morgan fingerprint density at radius 2 is 2.33 bits per heavy atom. The number of thiazole rings is 1. The van der Waals surface area contributed by atoms with Crippen LogP contribution in [0, 0.1) is 0 Å². The van der Waals surface area contributed by atoms with Crippen LogP contribution in [-0.2, 0) is 9.59 Å².